The lowest BCUT2D eigenvalue weighted by atomic mass is 10.1. The van der Waals surface area contributed by atoms with Gasteiger partial charge in [0.2, 0.25) is 0 Å². The molecule has 0 aromatic heterocycles. The third-order valence-corrected chi connectivity index (χ3v) is 1.63. The zero-order valence-electron chi connectivity index (χ0n) is 6.76. The summed E-state index contributed by atoms with van der Waals surface area (Å²) in [6.45, 7) is 5.88. The Kier molecular flexibility index (Phi) is 2.87. The summed E-state index contributed by atoms with van der Waals surface area (Å²) in [7, 11) is 0. The summed E-state index contributed by atoms with van der Waals surface area (Å²) in [6.07, 6.45) is 2.20. The monoisotopic (exact) mass is 141 g/mol. The van der Waals surface area contributed by atoms with Crippen LogP contribution in [0.3, 0.4) is 0 Å². The molecule has 0 aliphatic carbocycles. The molecular formula is C8H15NO. The Labute approximate surface area is 62.3 Å². The second kappa shape index (κ2) is 3.71. The van der Waals surface area contributed by atoms with E-state index in [0.29, 0.717) is 6.04 Å². The summed E-state index contributed by atoms with van der Waals surface area (Å²) in [5.74, 6) is 0. The van der Waals surface area contributed by atoms with Crippen molar-refractivity contribution in [2.45, 2.75) is 32.7 Å². The Balaban J connectivity index is 2.33. The summed E-state index contributed by atoms with van der Waals surface area (Å²) >= 11 is 0. The van der Waals surface area contributed by atoms with E-state index in [2.05, 4.69) is 18.8 Å². The topological polar surface area (TPSA) is 21.6 Å². The highest BCUT2D eigenvalue weighted by molar-refractivity contribution is 5.79. The van der Waals surface area contributed by atoms with Crippen LogP contribution in [0, 0.1) is 0 Å². The number of nitrogens with zero attached hydrogens (tertiary/aromatic N) is 1. The van der Waals surface area contributed by atoms with Crippen molar-refractivity contribution in [1.29, 1.82) is 0 Å². The van der Waals surface area contributed by atoms with Crippen molar-refractivity contribution in [2.75, 3.05) is 13.2 Å². The van der Waals surface area contributed by atoms with Crippen LogP contribution in [-0.2, 0) is 4.74 Å². The SMILES string of the molecule is CC(C)=NC1CCOCC1. The van der Waals surface area contributed by atoms with E-state index in [-0.39, 0.29) is 0 Å². The summed E-state index contributed by atoms with van der Waals surface area (Å²) in [5.41, 5.74) is 1.19. The first kappa shape index (κ1) is 7.73. The highest BCUT2D eigenvalue weighted by Crippen LogP contribution is 2.10. The molecule has 0 amide bonds. The third-order valence-electron chi connectivity index (χ3n) is 1.63. The molecule has 0 spiro atoms. The van der Waals surface area contributed by atoms with Gasteiger partial charge in [0.1, 0.15) is 0 Å². The molecule has 0 bridgehead atoms. The zero-order chi connectivity index (χ0) is 7.40. The average molecular weight is 141 g/mol. The largest absolute Gasteiger partial charge is 0.381 e. The highest BCUT2D eigenvalue weighted by Gasteiger charge is 2.10. The van der Waals surface area contributed by atoms with Gasteiger partial charge in [0, 0.05) is 18.9 Å². The first-order chi connectivity index (χ1) is 4.79. The standard InChI is InChI=1S/C8H15NO/c1-7(2)9-8-3-5-10-6-4-8/h8H,3-6H2,1-2H3. The van der Waals surface area contributed by atoms with Crippen LogP contribution < -0.4 is 0 Å². The van der Waals surface area contributed by atoms with E-state index in [1.165, 1.54) is 5.71 Å². The van der Waals surface area contributed by atoms with Crippen molar-refractivity contribution in [2.24, 2.45) is 4.99 Å². The van der Waals surface area contributed by atoms with E-state index in [0.717, 1.165) is 26.1 Å². The van der Waals surface area contributed by atoms with Crippen LogP contribution in [0.2, 0.25) is 0 Å². The zero-order valence-corrected chi connectivity index (χ0v) is 6.76. The first-order valence-electron chi connectivity index (χ1n) is 3.88. The van der Waals surface area contributed by atoms with Crippen LogP contribution in [0.4, 0.5) is 0 Å². The molecular weight excluding hydrogens is 126 g/mol. The second-order valence-electron chi connectivity index (χ2n) is 2.92. The van der Waals surface area contributed by atoms with Gasteiger partial charge in [0.15, 0.2) is 0 Å². The lowest BCUT2D eigenvalue weighted by molar-refractivity contribution is 0.0871. The molecule has 10 heavy (non-hydrogen) atoms. The molecule has 1 rings (SSSR count). The van der Waals surface area contributed by atoms with Crippen molar-refractivity contribution in [3.05, 3.63) is 0 Å². The molecule has 1 saturated heterocycles. The lowest BCUT2D eigenvalue weighted by Gasteiger charge is -2.18. The van der Waals surface area contributed by atoms with Crippen LogP contribution in [0.1, 0.15) is 26.7 Å². The summed E-state index contributed by atoms with van der Waals surface area (Å²) < 4.78 is 5.21. The van der Waals surface area contributed by atoms with Gasteiger partial charge in [-0.1, -0.05) is 0 Å². The molecule has 1 heterocycles. The minimum Gasteiger partial charge on any atom is -0.381 e. The maximum atomic E-state index is 5.21. The van der Waals surface area contributed by atoms with Gasteiger partial charge in [-0.2, -0.15) is 0 Å². The number of rotatable bonds is 1. The van der Waals surface area contributed by atoms with Crippen molar-refractivity contribution in [1.82, 2.24) is 0 Å². The van der Waals surface area contributed by atoms with Gasteiger partial charge < -0.3 is 4.74 Å². The Morgan fingerprint density at radius 3 is 2.40 bits per heavy atom. The molecule has 0 atom stereocenters. The molecule has 0 radical (unpaired) electrons. The van der Waals surface area contributed by atoms with E-state index >= 15 is 0 Å². The normalized spacial score (nSPS) is 20.6. The molecule has 0 unspecified atom stereocenters. The minimum absolute atomic E-state index is 0.541. The lowest BCUT2D eigenvalue weighted by Crippen LogP contribution is -2.19. The third kappa shape index (κ3) is 2.48. The number of aliphatic imine (C=N–C) groups is 1. The van der Waals surface area contributed by atoms with Crippen LogP contribution in [0.25, 0.3) is 0 Å². The van der Waals surface area contributed by atoms with E-state index in [9.17, 15) is 0 Å². The number of hydrogen-bond acceptors (Lipinski definition) is 2. The second-order valence-corrected chi connectivity index (χ2v) is 2.92. The van der Waals surface area contributed by atoms with E-state index in [1.54, 1.807) is 0 Å². The molecule has 2 heteroatoms. The molecule has 0 saturated carbocycles. The van der Waals surface area contributed by atoms with Crippen LogP contribution in [-0.4, -0.2) is 25.0 Å². The van der Waals surface area contributed by atoms with Crippen molar-refractivity contribution in [3.8, 4) is 0 Å². The summed E-state index contributed by atoms with van der Waals surface area (Å²) in [4.78, 5) is 4.47. The van der Waals surface area contributed by atoms with Crippen LogP contribution in [0.5, 0.6) is 0 Å². The predicted octanol–water partition coefficient (Wildman–Crippen LogP) is 1.65. The minimum atomic E-state index is 0.541. The molecule has 1 aliphatic rings. The molecule has 1 fully saturated rings. The Morgan fingerprint density at radius 1 is 1.30 bits per heavy atom. The molecule has 0 aromatic carbocycles. The van der Waals surface area contributed by atoms with Gasteiger partial charge in [-0.25, -0.2) is 0 Å². The Hall–Kier alpha value is -0.370. The fourth-order valence-corrected chi connectivity index (χ4v) is 1.18. The molecule has 0 aromatic rings. The van der Waals surface area contributed by atoms with Gasteiger partial charge >= 0.3 is 0 Å². The summed E-state index contributed by atoms with van der Waals surface area (Å²) in [5, 5.41) is 0. The van der Waals surface area contributed by atoms with Gasteiger partial charge in [-0.15, -0.1) is 0 Å². The highest BCUT2D eigenvalue weighted by atomic mass is 16.5. The Morgan fingerprint density at radius 2 is 1.90 bits per heavy atom. The van der Waals surface area contributed by atoms with Gasteiger partial charge in [-0.05, 0) is 26.7 Å². The molecule has 58 valence electrons. The molecule has 1 aliphatic heterocycles. The predicted molar refractivity (Wildman–Crippen MR) is 42.6 cm³/mol. The van der Waals surface area contributed by atoms with Crippen molar-refractivity contribution < 1.29 is 4.74 Å². The van der Waals surface area contributed by atoms with Gasteiger partial charge in [0.25, 0.3) is 0 Å². The smallest absolute Gasteiger partial charge is 0.0542 e. The first-order valence-corrected chi connectivity index (χ1v) is 3.88. The number of hydrogen-bond donors (Lipinski definition) is 0. The van der Waals surface area contributed by atoms with Crippen molar-refractivity contribution in [3.63, 3.8) is 0 Å². The fourth-order valence-electron chi connectivity index (χ4n) is 1.18. The molecule has 2 nitrogen and oxygen atoms in total. The van der Waals surface area contributed by atoms with E-state index in [1.807, 2.05) is 0 Å². The maximum absolute atomic E-state index is 5.21. The quantitative estimate of drug-likeness (QED) is 0.509. The van der Waals surface area contributed by atoms with Crippen LogP contribution >= 0.6 is 0 Å². The summed E-state index contributed by atoms with van der Waals surface area (Å²) in [6, 6.07) is 0.541. The maximum Gasteiger partial charge on any atom is 0.0542 e. The van der Waals surface area contributed by atoms with Crippen molar-refractivity contribution >= 4 is 5.71 Å². The van der Waals surface area contributed by atoms with E-state index in [4.69, 9.17) is 4.74 Å². The average Bonchev–Trinajstić information content (AvgIpc) is 1.88. The number of ether oxygens (including phenoxy) is 1. The Bertz CT molecular complexity index is 121. The van der Waals surface area contributed by atoms with Crippen LogP contribution in [0.15, 0.2) is 4.99 Å². The van der Waals surface area contributed by atoms with E-state index < -0.39 is 0 Å². The molecule has 0 N–H and O–H groups in total. The van der Waals surface area contributed by atoms with Gasteiger partial charge in [-0.3, -0.25) is 4.99 Å². The van der Waals surface area contributed by atoms with Gasteiger partial charge in [0.05, 0.1) is 6.04 Å². The fraction of sp³-hybridized carbons (Fsp3) is 0.875.